The Morgan fingerprint density at radius 2 is 2.00 bits per heavy atom. The van der Waals surface area contributed by atoms with Gasteiger partial charge >= 0.3 is 0 Å². The first-order valence-corrected chi connectivity index (χ1v) is 6.41. The summed E-state index contributed by atoms with van der Waals surface area (Å²) >= 11 is 0. The molecule has 0 aromatic rings. The first kappa shape index (κ1) is 11.9. The standard InChI is InChI=1S/C8H16FNO3S/c9-7(6-14(11,12)13)5-10-8-3-1-2-4-8/h7-8,10H,1-6H2,(H,11,12,13)/t7-/m1/s1. The van der Waals surface area contributed by atoms with Crippen molar-refractivity contribution in [2.24, 2.45) is 0 Å². The van der Waals surface area contributed by atoms with Gasteiger partial charge in [0.25, 0.3) is 10.1 Å². The van der Waals surface area contributed by atoms with E-state index < -0.39 is 22.0 Å². The van der Waals surface area contributed by atoms with Crippen LogP contribution in [0.1, 0.15) is 25.7 Å². The fraction of sp³-hybridized carbons (Fsp3) is 1.00. The molecule has 0 heterocycles. The molecule has 1 aliphatic carbocycles. The SMILES string of the molecule is O=S(=O)(O)C[C@H](F)CNC1CCCC1. The topological polar surface area (TPSA) is 66.4 Å². The second-order valence-electron chi connectivity index (χ2n) is 3.74. The maximum absolute atomic E-state index is 13.0. The fourth-order valence-corrected chi connectivity index (χ4v) is 2.29. The number of halogens is 1. The highest BCUT2D eigenvalue weighted by Crippen LogP contribution is 2.17. The van der Waals surface area contributed by atoms with Gasteiger partial charge in [0, 0.05) is 12.6 Å². The van der Waals surface area contributed by atoms with Crippen LogP contribution < -0.4 is 5.32 Å². The van der Waals surface area contributed by atoms with Crippen molar-refractivity contribution >= 4 is 10.1 Å². The highest BCUT2D eigenvalue weighted by molar-refractivity contribution is 7.85. The molecule has 0 saturated heterocycles. The molecule has 0 unspecified atom stereocenters. The highest BCUT2D eigenvalue weighted by atomic mass is 32.2. The van der Waals surface area contributed by atoms with E-state index in [0.29, 0.717) is 6.04 Å². The Morgan fingerprint density at radius 3 is 2.50 bits per heavy atom. The summed E-state index contributed by atoms with van der Waals surface area (Å²) in [6.45, 7) is 0.00442. The zero-order chi connectivity index (χ0) is 10.6. The quantitative estimate of drug-likeness (QED) is 0.677. The number of hydrogen-bond acceptors (Lipinski definition) is 3. The van der Waals surface area contributed by atoms with Gasteiger partial charge < -0.3 is 5.32 Å². The zero-order valence-electron chi connectivity index (χ0n) is 7.95. The van der Waals surface area contributed by atoms with Gasteiger partial charge in [-0.25, -0.2) is 4.39 Å². The first-order valence-electron chi connectivity index (χ1n) is 4.80. The van der Waals surface area contributed by atoms with E-state index in [1.165, 1.54) is 0 Å². The Labute approximate surface area is 83.6 Å². The first-order chi connectivity index (χ1) is 6.47. The van der Waals surface area contributed by atoms with Crippen molar-refractivity contribution in [3.8, 4) is 0 Å². The molecule has 84 valence electrons. The third-order valence-corrected chi connectivity index (χ3v) is 3.16. The van der Waals surface area contributed by atoms with Gasteiger partial charge in [0.1, 0.15) is 11.9 Å². The molecular formula is C8H16FNO3S. The molecule has 0 amide bonds. The van der Waals surface area contributed by atoms with Gasteiger partial charge in [-0.15, -0.1) is 0 Å². The van der Waals surface area contributed by atoms with Crippen molar-refractivity contribution in [1.29, 1.82) is 0 Å². The third-order valence-electron chi connectivity index (χ3n) is 2.37. The van der Waals surface area contributed by atoms with Gasteiger partial charge in [-0.3, -0.25) is 4.55 Å². The smallest absolute Gasteiger partial charge is 0.267 e. The summed E-state index contributed by atoms with van der Waals surface area (Å²) in [7, 11) is -4.18. The van der Waals surface area contributed by atoms with Crippen LogP contribution in [0.3, 0.4) is 0 Å². The predicted molar refractivity (Wildman–Crippen MR) is 51.6 cm³/mol. The molecule has 0 aromatic carbocycles. The van der Waals surface area contributed by atoms with Crippen LogP contribution in [0.5, 0.6) is 0 Å². The van der Waals surface area contributed by atoms with Gasteiger partial charge in [-0.05, 0) is 12.8 Å². The summed E-state index contributed by atoms with van der Waals surface area (Å²) in [4.78, 5) is 0. The number of alkyl halides is 1. The molecule has 1 fully saturated rings. The molecule has 14 heavy (non-hydrogen) atoms. The Kier molecular flexibility index (Phi) is 4.28. The Bertz CT molecular complexity index is 262. The Morgan fingerprint density at radius 1 is 1.43 bits per heavy atom. The summed E-state index contributed by atoms with van der Waals surface area (Å²) in [6.07, 6.45) is 2.82. The summed E-state index contributed by atoms with van der Waals surface area (Å²) < 4.78 is 42.0. The minimum absolute atomic E-state index is 0.00442. The molecule has 6 heteroatoms. The van der Waals surface area contributed by atoms with Crippen molar-refractivity contribution in [3.63, 3.8) is 0 Å². The highest BCUT2D eigenvalue weighted by Gasteiger charge is 2.19. The minimum atomic E-state index is -4.18. The number of hydrogen-bond donors (Lipinski definition) is 2. The van der Waals surface area contributed by atoms with Crippen molar-refractivity contribution < 1.29 is 17.4 Å². The minimum Gasteiger partial charge on any atom is -0.311 e. The maximum atomic E-state index is 13.0. The largest absolute Gasteiger partial charge is 0.311 e. The average molecular weight is 225 g/mol. The van der Waals surface area contributed by atoms with Crippen LogP contribution in [0.25, 0.3) is 0 Å². The lowest BCUT2D eigenvalue weighted by molar-refractivity contribution is 0.323. The number of rotatable bonds is 5. The molecule has 1 rings (SSSR count). The van der Waals surface area contributed by atoms with Crippen molar-refractivity contribution in [3.05, 3.63) is 0 Å². The van der Waals surface area contributed by atoms with Crippen LogP contribution in [0.2, 0.25) is 0 Å². The lowest BCUT2D eigenvalue weighted by Crippen LogP contribution is -2.35. The normalized spacial score (nSPS) is 21.3. The van der Waals surface area contributed by atoms with Gasteiger partial charge in [0.2, 0.25) is 0 Å². The summed E-state index contributed by atoms with van der Waals surface area (Å²) in [5.74, 6) is -0.813. The van der Waals surface area contributed by atoms with E-state index in [0.717, 1.165) is 25.7 Å². The Hall–Kier alpha value is -0.200. The van der Waals surface area contributed by atoms with E-state index in [1.807, 2.05) is 0 Å². The lowest BCUT2D eigenvalue weighted by Gasteiger charge is -2.13. The van der Waals surface area contributed by atoms with Gasteiger partial charge in [-0.2, -0.15) is 8.42 Å². The van der Waals surface area contributed by atoms with E-state index in [2.05, 4.69) is 5.32 Å². The van der Waals surface area contributed by atoms with E-state index in [4.69, 9.17) is 4.55 Å². The predicted octanol–water partition coefficient (Wildman–Crippen LogP) is 0.744. The van der Waals surface area contributed by atoms with E-state index in [1.54, 1.807) is 0 Å². The Balaban J connectivity index is 2.17. The average Bonchev–Trinajstić information content (AvgIpc) is 2.49. The second-order valence-corrected chi connectivity index (χ2v) is 5.23. The molecule has 0 spiro atoms. The molecule has 0 aliphatic heterocycles. The monoisotopic (exact) mass is 225 g/mol. The van der Waals surface area contributed by atoms with Crippen LogP contribution >= 0.6 is 0 Å². The van der Waals surface area contributed by atoms with Crippen molar-refractivity contribution in [2.45, 2.75) is 37.9 Å². The number of nitrogens with one attached hydrogen (secondary N) is 1. The van der Waals surface area contributed by atoms with Crippen LogP contribution in [0.4, 0.5) is 4.39 Å². The van der Waals surface area contributed by atoms with Gasteiger partial charge in [-0.1, -0.05) is 12.8 Å². The third kappa shape index (κ3) is 4.88. The van der Waals surface area contributed by atoms with E-state index in [-0.39, 0.29) is 6.54 Å². The summed E-state index contributed by atoms with van der Waals surface area (Å²) in [6, 6.07) is 0.314. The molecule has 4 nitrogen and oxygen atoms in total. The fourth-order valence-electron chi connectivity index (χ4n) is 1.71. The molecule has 1 atom stereocenters. The molecule has 1 saturated carbocycles. The lowest BCUT2D eigenvalue weighted by atomic mass is 10.2. The summed E-state index contributed by atoms with van der Waals surface area (Å²) in [5, 5.41) is 2.95. The van der Waals surface area contributed by atoms with Gasteiger partial charge in [0.15, 0.2) is 0 Å². The zero-order valence-corrected chi connectivity index (χ0v) is 8.76. The second kappa shape index (κ2) is 5.04. The van der Waals surface area contributed by atoms with Crippen LogP contribution in [0, 0.1) is 0 Å². The van der Waals surface area contributed by atoms with Crippen molar-refractivity contribution in [1.82, 2.24) is 5.32 Å². The van der Waals surface area contributed by atoms with Crippen LogP contribution in [0.15, 0.2) is 0 Å². The molecule has 0 radical (unpaired) electrons. The van der Waals surface area contributed by atoms with Crippen LogP contribution in [-0.4, -0.2) is 37.5 Å². The summed E-state index contributed by atoms with van der Waals surface area (Å²) in [5.41, 5.74) is 0. The van der Waals surface area contributed by atoms with E-state index >= 15 is 0 Å². The van der Waals surface area contributed by atoms with Gasteiger partial charge in [0.05, 0.1) is 0 Å². The van der Waals surface area contributed by atoms with Crippen molar-refractivity contribution in [2.75, 3.05) is 12.3 Å². The molecule has 0 aromatic heterocycles. The molecular weight excluding hydrogens is 209 g/mol. The maximum Gasteiger partial charge on any atom is 0.267 e. The molecule has 0 bridgehead atoms. The van der Waals surface area contributed by atoms with Crippen LogP contribution in [-0.2, 0) is 10.1 Å². The molecule has 2 N–H and O–H groups in total. The van der Waals surface area contributed by atoms with E-state index in [9.17, 15) is 12.8 Å². The molecule has 1 aliphatic rings.